The number of sulfonamides is 1. The van der Waals surface area contributed by atoms with Gasteiger partial charge >= 0.3 is 0 Å². The van der Waals surface area contributed by atoms with Crippen molar-refractivity contribution in [3.8, 4) is 22.6 Å². The van der Waals surface area contributed by atoms with Crippen LogP contribution in [-0.4, -0.2) is 37.7 Å². The molecule has 6 rings (SSSR count). The number of halogens is 2. The smallest absolute Gasteiger partial charge is 0.246 e. The lowest BCUT2D eigenvalue weighted by Gasteiger charge is -2.23. The molecule has 1 aromatic heterocycles. The SMILES string of the molecule is COc1ccc(CN(Cc2ccc(OC)cc2)S(=O)(=O)c2ccc(C(=O)c3c(-c4cccc(Br)c4)c[nH]c3CC3CC3)cc2F)cc1. The van der Waals surface area contributed by atoms with E-state index in [-0.39, 0.29) is 24.4 Å². The van der Waals surface area contributed by atoms with Gasteiger partial charge in [0.05, 0.1) is 19.8 Å². The zero-order chi connectivity index (χ0) is 33.1. The number of benzene rings is 4. The summed E-state index contributed by atoms with van der Waals surface area (Å²) in [6, 6.07) is 25.3. The molecule has 1 saturated carbocycles. The van der Waals surface area contributed by atoms with E-state index in [4.69, 9.17) is 9.47 Å². The minimum atomic E-state index is -4.35. The van der Waals surface area contributed by atoms with Crippen LogP contribution < -0.4 is 9.47 Å². The van der Waals surface area contributed by atoms with Gasteiger partial charge in [-0.1, -0.05) is 52.3 Å². The molecule has 0 bridgehead atoms. The Kier molecular flexibility index (Phi) is 9.63. The molecule has 1 aliphatic carbocycles. The molecule has 1 heterocycles. The van der Waals surface area contributed by atoms with E-state index >= 15 is 4.39 Å². The molecule has 1 aliphatic rings. The van der Waals surface area contributed by atoms with Crippen LogP contribution in [0.4, 0.5) is 4.39 Å². The Morgan fingerprint density at radius 1 is 0.894 bits per heavy atom. The molecular formula is C37H34BrFN2O5S. The molecule has 0 atom stereocenters. The number of ketones is 1. The zero-order valence-electron chi connectivity index (χ0n) is 26.0. The Balaban J connectivity index is 1.34. The lowest BCUT2D eigenvalue weighted by Crippen LogP contribution is -2.31. The topological polar surface area (TPSA) is 88.7 Å². The lowest BCUT2D eigenvalue weighted by molar-refractivity contribution is 0.103. The van der Waals surface area contributed by atoms with Crippen molar-refractivity contribution >= 4 is 31.7 Å². The molecule has 0 spiro atoms. The molecule has 0 unspecified atom stereocenters. The zero-order valence-corrected chi connectivity index (χ0v) is 28.4. The second kappa shape index (κ2) is 13.9. The van der Waals surface area contributed by atoms with E-state index in [0.29, 0.717) is 39.7 Å². The molecule has 1 N–H and O–H groups in total. The Morgan fingerprint density at radius 3 is 2.04 bits per heavy atom. The van der Waals surface area contributed by atoms with Crippen LogP contribution in [-0.2, 0) is 29.5 Å². The summed E-state index contributed by atoms with van der Waals surface area (Å²) in [6.07, 6.45) is 4.74. The number of aromatic nitrogens is 1. The molecule has 0 aliphatic heterocycles. The number of hydrogen-bond acceptors (Lipinski definition) is 5. The molecule has 0 amide bonds. The third kappa shape index (κ3) is 7.35. The summed E-state index contributed by atoms with van der Waals surface area (Å²) in [5, 5.41) is 0. The number of H-pyrrole nitrogens is 1. The van der Waals surface area contributed by atoms with E-state index in [2.05, 4.69) is 20.9 Å². The fourth-order valence-electron chi connectivity index (χ4n) is 5.61. The number of ether oxygens (including phenoxy) is 2. The fourth-order valence-corrected chi connectivity index (χ4v) is 7.47. The van der Waals surface area contributed by atoms with E-state index < -0.39 is 20.7 Å². The number of methoxy groups -OCH3 is 2. The summed E-state index contributed by atoms with van der Waals surface area (Å²) in [7, 11) is -1.25. The summed E-state index contributed by atoms with van der Waals surface area (Å²) in [6.45, 7) is -0.0231. The minimum absolute atomic E-state index is 0.0116. The van der Waals surface area contributed by atoms with Crippen molar-refractivity contribution in [2.75, 3.05) is 14.2 Å². The highest BCUT2D eigenvalue weighted by atomic mass is 79.9. The van der Waals surface area contributed by atoms with Gasteiger partial charge in [0.1, 0.15) is 22.2 Å². The molecule has 7 nitrogen and oxygen atoms in total. The number of nitrogens with zero attached hydrogens (tertiary/aromatic N) is 1. The van der Waals surface area contributed by atoms with Crippen LogP contribution in [0, 0.1) is 11.7 Å². The molecule has 0 saturated heterocycles. The van der Waals surface area contributed by atoms with Crippen molar-refractivity contribution in [3.63, 3.8) is 0 Å². The largest absolute Gasteiger partial charge is 0.497 e. The van der Waals surface area contributed by atoms with Crippen molar-refractivity contribution < 1.29 is 27.1 Å². The fraction of sp³-hybridized carbons (Fsp3) is 0.216. The maximum atomic E-state index is 16.0. The number of rotatable bonds is 13. The van der Waals surface area contributed by atoms with Crippen LogP contribution in [0.25, 0.3) is 11.1 Å². The third-order valence-corrected chi connectivity index (χ3v) is 10.7. The summed E-state index contributed by atoms with van der Waals surface area (Å²) in [4.78, 5) is 16.9. The molecule has 5 aromatic rings. The van der Waals surface area contributed by atoms with Crippen LogP contribution in [0.2, 0.25) is 0 Å². The first kappa shape index (κ1) is 32.7. The molecule has 4 aromatic carbocycles. The standard InChI is InChI=1S/C37H34BrFN2O5S/c1-45-30-13-8-25(9-14-30)22-41(23-26-10-15-31(46-2)16-11-26)47(43,44)35-17-12-28(20-33(35)39)37(42)36-32(27-4-3-5-29(38)19-27)21-40-34(36)18-24-6-7-24/h3-5,8-17,19-21,24,40H,6-7,18,22-23H2,1-2H3. The number of carbonyl (C=O) groups is 1. The van der Waals surface area contributed by atoms with Crippen molar-refractivity contribution in [1.29, 1.82) is 0 Å². The van der Waals surface area contributed by atoms with Crippen LogP contribution in [0.15, 0.2) is 107 Å². The van der Waals surface area contributed by atoms with Crippen molar-refractivity contribution in [1.82, 2.24) is 9.29 Å². The van der Waals surface area contributed by atoms with E-state index in [1.807, 2.05) is 30.5 Å². The van der Waals surface area contributed by atoms with Gasteiger partial charge in [-0.15, -0.1) is 0 Å². The molecule has 0 radical (unpaired) electrons. The van der Waals surface area contributed by atoms with E-state index in [1.165, 1.54) is 16.4 Å². The van der Waals surface area contributed by atoms with Gasteiger partial charge in [0.25, 0.3) is 0 Å². The van der Waals surface area contributed by atoms with Gasteiger partial charge in [-0.3, -0.25) is 4.79 Å². The average molecular weight is 718 g/mol. The quantitative estimate of drug-likeness (QED) is 0.124. The Bertz CT molecular complexity index is 1960. The van der Waals surface area contributed by atoms with Crippen LogP contribution in [0.5, 0.6) is 11.5 Å². The number of carbonyl (C=O) groups excluding carboxylic acids is 1. The van der Waals surface area contributed by atoms with Gasteiger partial charge in [-0.05, 0) is 96.5 Å². The van der Waals surface area contributed by atoms with Gasteiger partial charge in [0, 0.05) is 40.6 Å². The van der Waals surface area contributed by atoms with E-state index in [1.54, 1.807) is 62.8 Å². The molecule has 1 fully saturated rings. The summed E-state index contributed by atoms with van der Waals surface area (Å²) >= 11 is 3.51. The van der Waals surface area contributed by atoms with Crippen molar-refractivity contribution in [3.05, 3.63) is 135 Å². The Labute approximate surface area is 282 Å². The Hall–Kier alpha value is -4.25. The molecule has 47 heavy (non-hydrogen) atoms. The van der Waals surface area contributed by atoms with Crippen molar-refractivity contribution in [2.45, 2.75) is 37.2 Å². The second-order valence-corrected chi connectivity index (χ2v) is 14.5. The third-order valence-electron chi connectivity index (χ3n) is 8.36. The summed E-state index contributed by atoms with van der Waals surface area (Å²) < 4.78 is 56.8. The molecule has 10 heteroatoms. The first-order valence-corrected chi connectivity index (χ1v) is 17.5. The van der Waals surface area contributed by atoms with Crippen molar-refractivity contribution in [2.24, 2.45) is 5.92 Å². The molecular weight excluding hydrogens is 683 g/mol. The predicted octanol–water partition coefficient (Wildman–Crippen LogP) is 8.18. The minimum Gasteiger partial charge on any atom is -0.497 e. The maximum Gasteiger partial charge on any atom is 0.246 e. The van der Waals surface area contributed by atoms with Gasteiger partial charge in [0.2, 0.25) is 10.0 Å². The van der Waals surface area contributed by atoms with Gasteiger partial charge in [0.15, 0.2) is 5.78 Å². The summed E-state index contributed by atoms with van der Waals surface area (Å²) in [5.41, 5.74) is 4.31. The monoisotopic (exact) mass is 716 g/mol. The van der Waals surface area contributed by atoms with E-state index in [0.717, 1.165) is 41.1 Å². The van der Waals surface area contributed by atoms with E-state index in [9.17, 15) is 13.2 Å². The number of hydrogen-bond donors (Lipinski definition) is 1. The van der Waals surface area contributed by atoms with Gasteiger partial charge in [-0.2, -0.15) is 4.31 Å². The lowest BCUT2D eigenvalue weighted by atomic mass is 9.94. The van der Waals surface area contributed by atoms with Crippen LogP contribution >= 0.6 is 15.9 Å². The number of aromatic amines is 1. The molecule has 242 valence electrons. The first-order chi connectivity index (χ1) is 22.7. The van der Waals surface area contributed by atoms with Crippen LogP contribution in [0.3, 0.4) is 0 Å². The Morgan fingerprint density at radius 2 is 1.51 bits per heavy atom. The highest BCUT2D eigenvalue weighted by Gasteiger charge is 2.31. The van der Waals surface area contributed by atoms with Crippen LogP contribution in [0.1, 0.15) is 45.6 Å². The maximum absolute atomic E-state index is 16.0. The number of nitrogens with one attached hydrogen (secondary N) is 1. The second-order valence-electron chi connectivity index (χ2n) is 11.7. The van der Waals surface area contributed by atoms with Gasteiger partial charge in [-0.25, -0.2) is 12.8 Å². The normalized spacial score (nSPS) is 13.1. The first-order valence-electron chi connectivity index (χ1n) is 15.2. The summed E-state index contributed by atoms with van der Waals surface area (Å²) in [5.74, 6) is 0.412. The average Bonchev–Trinajstić information content (AvgIpc) is 3.80. The predicted molar refractivity (Wildman–Crippen MR) is 183 cm³/mol. The highest BCUT2D eigenvalue weighted by Crippen LogP contribution is 2.37. The van der Waals surface area contributed by atoms with Gasteiger partial charge < -0.3 is 14.5 Å². The highest BCUT2D eigenvalue weighted by molar-refractivity contribution is 9.10.